The van der Waals surface area contributed by atoms with E-state index in [2.05, 4.69) is 77.6 Å². The monoisotopic (exact) mass is 316 g/mol. The van der Waals surface area contributed by atoms with E-state index >= 15 is 0 Å². The predicted molar refractivity (Wildman–Crippen MR) is 104 cm³/mol. The average molecular weight is 316 g/mol. The molecule has 0 amide bonds. The van der Waals surface area contributed by atoms with Crippen molar-refractivity contribution in [2.75, 3.05) is 13.1 Å². The van der Waals surface area contributed by atoms with Crippen LogP contribution in [-0.4, -0.2) is 17.7 Å². The Bertz CT molecular complexity index is 828. The Morgan fingerprint density at radius 2 is 1.71 bits per heavy atom. The molecule has 2 heteroatoms. The Morgan fingerprint density at radius 3 is 2.46 bits per heavy atom. The molecule has 0 aliphatic rings. The zero-order valence-electron chi connectivity index (χ0n) is 14.0. The molecule has 1 aromatic heterocycles. The molecule has 3 aromatic rings. The fourth-order valence-electron chi connectivity index (χ4n) is 3.24. The standard InChI is InChI=1S/C22H24N2/c1-3-15-23-16-14-20-19-12-8-9-13-22(19)24(21(20)4-2)17-18-10-6-5-7-11-18/h3-13,23H,1-2,14-17H2. The van der Waals surface area contributed by atoms with Gasteiger partial charge in [-0.15, -0.1) is 6.58 Å². The van der Waals surface area contributed by atoms with Crippen molar-refractivity contribution < 1.29 is 0 Å². The zero-order chi connectivity index (χ0) is 16.8. The van der Waals surface area contributed by atoms with E-state index in [4.69, 9.17) is 0 Å². The molecule has 0 aliphatic heterocycles. The number of hydrogen-bond donors (Lipinski definition) is 1. The number of nitrogens with one attached hydrogen (secondary N) is 1. The van der Waals surface area contributed by atoms with Gasteiger partial charge in [-0.2, -0.15) is 0 Å². The molecule has 0 bridgehead atoms. The summed E-state index contributed by atoms with van der Waals surface area (Å²) in [6, 6.07) is 19.2. The SMILES string of the molecule is C=CCNCCc1c(C=C)n(Cc2ccccc2)c2ccccc12. The summed E-state index contributed by atoms with van der Waals surface area (Å²) in [6.07, 6.45) is 4.87. The summed E-state index contributed by atoms with van der Waals surface area (Å²) in [6.45, 7) is 10.5. The number of aromatic nitrogens is 1. The summed E-state index contributed by atoms with van der Waals surface area (Å²) in [5.41, 5.74) is 5.17. The predicted octanol–water partition coefficient (Wildman–Crippen LogP) is 4.65. The Hall–Kier alpha value is -2.58. The summed E-state index contributed by atoms with van der Waals surface area (Å²) in [4.78, 5) is 0. The summed E-state index contributed by atoms with van der Waals surface area (Å²) < 4.78 is 2.38. The van der Waals surface area contributed by atoms with Gasteiger partial charge in [-0.3, -0.25) is 0 Å². The van der Waals surface area contributed by atoms with Gasteiger partial charge in [0.05, 0.1) is 0 Å². The highest BCUT2D eigenvalue weighted by Gasteiger charge is 2.14. The van der Waals surface area contributed by atoms with Crippen LogP contribution < -0.4 is 5.32 Å². The molecule has 0 spiro atoms. The lowest BCUT2D eigenvalue weighted by molar-refractivity contribution is 0.741. The first-order valence-electron chi connectivity index (χ1n) is 8.43. The second-order valence-corrected chi connectivity index (χ2v) is 5.90. The van der Waals surface area contributed by atoms with Crippen molar-refractivity contribution in [3.8, 4) is 0 Å². The van der Waals surface area contributed by atoms with E-state index < -0.39 is 0 Å². The van der Waals surface area contributed by atoms with Crippen molar-refractivity contribution >= 4 is 17.0 Å². The lowest BCUT2D eigenvalue weighted by Crippen LogP contribution is -2.17. The fourth-order valence-corrected chi connectivity index (χ4v) is 3.24. The molecular formula is C22H24N2. The molecule has 1 N–H and O–H groups in total. The van der Waals surface area contributed by atoms with E-state index in [1.807, 2.05) is 12.2 Å². The highest BCUT2D eigenvalue weighted by atomic mass is 15.0. The van der Waals surface area contributed by atoms with Gasteiger partial charge in [0, 0.05) is 29.7 Å². The van der Waals surface area contributed by atoms with Crippen LogP contribution in [0.2, 0.25) is 0 Å². The van der Waals surface area contributed by atoms with Crippen molar-refractivity contribution in [3.63, 3.8) is 0 Å². The normalized spacial score (nSPS) is 10.8. The smallest absolute Gasteiger partial charge is 0.0491 e. The second-order valence-electron chi connectivity index (χ2n) is 5.90. The Kier molecular flexibility index (Phi) is 5.29. The van der Waals surface area contributed by atoms with E-state index in [1.165, 1.54) is 27.7 Å². The third-order valence-corrected chi connectivity index (χ3v) is 4.34. The van der Waals surface area contributed by atoms with Crippen LogP contribution in [0.5, 0.6) is 0 Å². The first-order chi connectivity index (χ1) is 11.8. The van der Waals surface area contributed by atoms with Crippen molar-refractivity contribution in [2.24, 2.45) is 0 Å². The molecule has 0 fully saturated rings. The highest BCUT2D eigenvalue weighted by molar-refractivity contribution is 5.88. The molecule has 0 aliphatic carbocycles. The molecule has 0 radical (unpaired) electrons. The number of benzene rings is 2. The quantitative estimate of drug-likeness (QED) is 0.473. The maximum Gasteiger partial charge on any atom is 0.0491 e. The van der Waals surface area contributed by atoms with Crippen LogP contribution in [-0.2, 0) is 13.0 Å². The van der Waals surface area contributed by atoms with Gasteiger partial charge in [0.25, 0.3) is 0 Å². The van der Waals surface area contributed by atoms with Crippen LogP contribution in [0.25, 0.3) is 17.0 Å². The van der Waals surface area contributed by atoms with Crippen LogP contribution in [0.15, 0.2) is 73.8 Å². The Morgan fingerprint density at radius 1 is 0.958 bits per heavy atom. The van der Waals surface area contributed by atoms with Crippen molar-refractivity contribution in [1.29, 1.82) is 0 Å². The average Bonchev–Trinajstić information content (AvgIpc) is 2.93. The third-order valence-electron chi connectivity index (χ3n) is 4.34. The first kappa shape index (κ1) is 16.3. The minimum Gasteiger partial charge on any atom is -0.336 e. The summed E-state index contributed by atoms with van der Waals surface area (Å²) >= 11 is 0. The van der Waals surface area contributed by atoms with Crippen LogP contribution >= 0.6 is 0 Å². The number of rotatable bonds is 8. The van der Waals surface area contributed by atoms with E-state index in [0.717, 1.165) is 26.1 Å². The highest BCUT2D eigenvalue weighted by Crippen LogP contribution is 2.28. The van der Waals surface area contributed by atoms with Crippen LogP contribution in [0.4, 0.5) is 0 Å². The first-order valence-corrected chi connectivity index (χ1v) is 8.43. The molecule has 24 heavy (non-hydrogen) atoms. The molecule has 0 atom stereocenters. The van der Waals surface area contributed by atoms with Crippen molar-refractivity contribution in [1.82, 2.24) is 9.88 Å². The van der Waals surface area contributed by atoms with E-state index in [1.54, 1.807) is 0 Å². The van der Waals surface area contributed by atoms with Crippen LogP contribution in [0, 0.1) is 0 Å². The largest absolute Gasteiger partial charge is 0.336 e. The molecule has 0 saturated carbocycles. The number of hydrogen-bond acceptors (Lipinski definition) is 1. The second kappa shape index (κ2) is 7.80. The molecule has 0 unspecified atom stereocenters. The minimum atomic E-state index is 0.839. The molecular weight excluding hydrogens is 292 g/mol. The van der Waals surface area contributed by atoms with Gasteiger partial charge < -0.3 is 9.88 Å². The van der Waals surface area contributed by atoms with E-state index in [0.29, 0.717) is 0 Å². The molecule has 2 nitrogen and oxygen atoms in total. The Labute approximate surface area is 144 Å². The summed E-state index contributed by atoms with van der Waals surface area (Å²) in [5, 5.41) is 4.72. The van der Waals surface area contributed by atoms with Gasteiger partial charge in [-0.25, -0.2) is 0 Å². The summed E-state index contributed by atoms with van der Waals surface area (Å²) in [7, 11) is 0. The topological polar surface area (TPSA) is 17.0 Å². The third kappa shape index (κ3) is 3.34. The number of para-hydroxylation sites is 1. The Balaban J connectivity index is 2.01. The minimum absolute atomic E-state index is 0.839. The maximum absolute atomic E-state index is 4.08. The lowest BCUT2D eigenvalue weighted by Gasteiger charge is -2.10. The van der Waals surface area contributed by atoms with E-state index in [9.17, 15) is 0 Å². The van der Waals surface area contributed by atoms with Gasteiger partial charge in [0.2, 0.25) is 0 Å². The van der Waals surface area contributed by atoms with Gasteiger partial charge in [-0.05, 0) is 36.2 Å². The molecule has 0 saturated heterocycles. The van der Waals surface area contributed by atoms with Gasteiger partial charge >= 0.3 is 0 Å². The lowest BCUT2D eigenvalue weighted by atomic mass is 10.1. The van der Waals surface area contributed by atoms with Crippen LogP contribution in [0.1, 0.15) is 16.8 Å². The molecule has 1 heterocycles. The van der Waals surface area contributed by atoms with Crippen molar-refractivity contribution in [2.45, 2.75) is 13.0 Å². The van der Waals surface area contributed by atoms with Gasteiger partial charge in [0.15, 0.2) is 0 Å². The molecule has 122 valence electrons. The molecule has 3 rings (SSSR count). The fraction of sp³-hybridized carbons (Fsp3) is 0.182. The number of nitrogens with zero attached hydrogens (tertiary/aromatic N) is 1. The summed E-state index contributed by atoms with van der Waals surface area (Å²) in [5.74, 6) is 0. The van der Waals surface area contributed by atoms with Gasteiger partial charge in [0.1, 0.15) is 0 Å². The maximum atomic E-state index is 4.08. The van der Waals surface area contributed by atoms with Gasteiger partial charge in [-0.1, -0.05) is 61.2 Å². The van der Waals surface area contributed by atoms with E-state index in [-0.39, 0.29) is 0 Å². The molecule has 2 aromatic carbocycles. The number of fused-ring (bicyclic) bond motifs is 1. The van der Waals surface area contributed by atoms with Crippen LogP contribution in [0.3, 0.4) is 0 Å². The zero-order valence-corrected chi connectivity index (χ0v) is 14.0. The van der Waals surface area contributed by atoms with Crippen molar-refractivity contribution in [3.05, 3.63) is 90.7 Å².